The molecule has 0 spiro atoms. The predicted molar refractivity (Wildman–Crippen MR) is 56.3 cm³/mol. The van der Waals surface area contributed by atoms with Gasteiger partial charge in [-0.05, 0) is 0 Å². The van der Waals surface area contributed by atoms with Crippen molar-refractivity contribution in [1.82, 2.24) is 0 Å². The van der Waals surface area contributed by atoms with Gasteiger partial charge in [0.2, 0.25) is 0 Å². The minimum atomic E-state index is -2.27. The number of aliphatic hydroxyl groups excluding tert-OH is 2. The maximum Gasteiger partial charge on any atom is 0.335 e. The molecule has 0 saturated heterocycles. The fraction of sp³-hybridized carbons (Fsp3) is 0.333. The third kappa shape index (κ3) is 9.26. The quantitative estimate of drug-likeness (QED) is 0.296. The van der Waals surface area contributed by atoms with Crippen molar-refractivity contribution in [3.05, 3.63) is 12.2 Å². The minimum Gasteiger partial charge on any atom is -0.481 e. The van der Waals surface area contributed by atoms with E-state index in [1.54, 1.807) is 0 Å². The van der Waals surface area contributed by atoms with Gasteiger partial charge in [-0.15, -0.1) is 0 Å². The first-order valence-electron chi connectivity index (χ1n) is 4.45. The van der Waals surface area contributed by atoms with E-state index in [4.69, 9.17) is 30.6 Å². The number of hydrogen-bond acceptors (Lipinski definition) is 6. The third-order valence-corrected chi connectivity index (χ3v) is 1.47. The Morgan fingerprint density at radius 1 is 0.842 bits per heavy atom. The van der Waals surface area contributed by atoms with Gasteiger partial charge in [-0.25, -0.2) is 14.4 Å². The molecule has 0 radical (unpaired) electrons. The summed E-state index contributed by atoms with van der Waals surface area (Å²) in [5, 5.41) is 48.6. The van der Waals surface area contributed by atoms with Crippen molar-refractivity contribution in [1.29, 1.82) is 0 Å². The molecule has 0 aliphatic rings. The van der Waals surface area contributed by atoms with Crippen LogP contribution in [0.2, 0.25) is 0 Å². The summed E-state index contributed by atoms with van der Waals surface area (Å²) in [6.45, 7) is 3.01. The maximum atomic E-state index is 9.87. The van der Waals surface area contributed by atoms with Crippen LogP contribution in [0.25, 0.3) is 0 Å². The molecule has 0 aliphatic heterocycles. The van der Waals surface area contributed by atoms with Crippen LogP contribution in [0.5, 0.6) is 0 Å². The van der Waals surface area contributed by atoms with E-state index < -0.39 is 42.5 Å². The lowest BCUT2D eigenvalue weighted by molar-refractivity contribution is -0.165. The van der Waals surface area contributed by atoms with Crippen LogP contribution in [0.4, 0.5) is 0 Å². The molecule has 0 aromatic heterocycles. The Hall–Kier alpha value is -2.46. The van der Waals surface area contributed by atoms with Gasteiger partial charge < -0.3 is 30.6 Å². The topological polar surface area (TPSA) is 190 Å². The van der Waals surface area contributed by atoms with Crippen molar-refractivity contribution in [2.24, 2.45) is 0 Å². The summed E-state index contributed by atoms with van der Waals surface area (Å²) in [4.78, 5) is 39.2. The molecule has 108 valence electrons. The standard InChI is InChI=1S/C5H6O4.C4H6O6/c1-3(5(8)9)2-4(6)7;5-1(3(7)8)2(6)4(9)10/h1-2H2,(H,6,7)(H,8,9);1-2,5-6H,(H,7,8)(H,9,10). The minimum absolute atomic E-state index is 0.303. The molecule has 0 aromatic rings. The summed E-state index contributed by atoms with van der Waals surface area (Å²) >= 11 is 0. The Balaban J connectivity index is 0. The van der Waals surface area contributed by atoms with Gasteiger partial charge in [0.1, 0.15) is 0 Å². The Kier molecular flexibility index (Phi) is 8.56. The highest BCUT2D eigenvalue weighted by molar-refractivity contribution is 5.91. The molecule has 0 rings (SSSR count). The van der Waals surface area contributed by atoms with Gasteiger partial charge in [0, 0.05) is 5.57 Å². The fourth-order valence-electron chi connectivity index (χ4n) is 0.528. The molecule has 10 heteroatoms. The average molecular weight is 280 g/mol. The molecule has 0 aliphatic carbocycles. The summed E-state index contributed by atoms with van der Waals surface area (Å²) in [5.74, 6) is -5.98. The highest BCUT2D eigenvalue weighted by atomic mass is 16.4. The Morgan fingerprint density at radius 2 is 1.16 bits per heavy atom. The highest BCUT2D eigenvalue weighted by Gasteiger charge is 2.29. The molecule has 10 nitrogen and oxygen atoms in total. The van der Waals surface area contributed by atoms with E-state index in [1.807, 2.05) is 0 Å². The number of aliphatic hydroxyl groups is 2. The van der Waals surface area contributed by atoms with Crippen molar-refractivity contribution in [3.63, 3.8) is 0 Å². The van der Waals surface area contributed by atoms with Crippen LogP contribution in [0.1, 0.15) is 6.42 Å². The molecule has 0 fully saturated rings. The fourth-order valence-corrected chi connectivity index (χ4v) is 0.528. The molecule has 0 bridgehead atoms. The van der Waals surface area contributed by atoms with Crippen LogP contribution in [0.3, 0.4) is 0 Å². The zero-order valence-electron chi connectivity index (χ0n) is 9.39. The SMILES string of the molecule is C=C(CC(=O)O)C(=O)O.O=C(O)C(O)C(O)C(=O)O. The van der Waals surface area contributed by atoms with E-state index in [9.17, 15) is 19.2 Å². The van der Waals surface area contributed by atoms with Crippen molar-refractivity contribution in [2.45, 2.75) is 18.6 Å². The van der Waals surface area contributed by atoms with E-state index in [-0.39, 0.29) is 5.57 Å². The summed E-state index contributed by atoms with van der Waals surface area (Å²) in [6, 6.07) is 0. The van der Waals surface area contributed by atoms with E-state index >= 15 is 0 Å². The summed E-state index contributed by atoms with van der Waals surface area (Å²) < 4.78 is 0. The number of hydrogen-bond donors (Lipinski definition) is 6. The average Bonchev–Trinajstić information content (AvgIpc) is 2.26. The van der Waals surface area contributed by atoms with Crippen molar-refractivity contribution < 1.29 is 49.8 Å². The zero-order chi connectivity index (χ0) is 15.7. The van der Waals surface area contributed by atoms with E-state index in [0.29, 0.717) is 0 Å². The van der Waals surface area contributed by atoms with Crippen LogP contribution < -0.4 is 0 Å². The molecule has 6 N–H and O–H groups in total. The zero-order valence-corrected chi connectivity index (χ0v) is 9.39. The number of carboxylic acid groups (broad SMARTS) is 4. The van der Waals surface area contributed by atoms with E-state index in [2.05, 4.69) is 6.58 Å². The lowest BCUT2D eigenvalue weighted by Gasteiger charge is -2.07. The monoisotopic (exact) mass is 280 g/mol. The molecule has 0 heterocycles. The second-order valence-corrected chi connectivity index (χ2v) is 3.05. The highest BCUT2D eigenvalue weighted by Crippen LogP contribution is 1.95. The molecular weight excluding hydrogens is 268 g/mol. The van der Waals surface area contributed by atoms with E-state index in [0.717, 1.165) is 0 Å². The summed E-state index contributed by atoms with van der Waals surface area (Å²) in [5.41, 5.74) is -0.303. The van der Waals surface area contributed by atoms with Gasteiger partial charge >= 0.3 is 23.9 Å². The van der Waals surface area contributed by atoms with Gasteiger partial charge in [0.25, 0.3) is 0 Å². The predicted octanol–water partition coefficient (Wildman–Crippen LogP) is -2.02. The number of aliphatic carboxylic acids is 4. The van der Waals surface area contributed by atoms with E-state index in [1.165, 1.54) is 0 Å². The summed E-state index contributed by atoms with van der Waals surface area (Å²) in [6.07, 6.45) is -5.04. The normalized spacial score (nSPS) is 12.3. The first-order chi connectivity index (χ1) is 8.50. The number of carboxylic acids is 4. The lowest BCUT2D eigenvalue weighted by atomic mass is 10.2. The van der Waals surface area contributed by atoms with Crippen LogP contribution in [0.15, 0.2) is 12.2 Å². The molecule has 2 atom stereocenters. The van der Waals surface area contributed by atoms with Crippen molar-refractivity contribution >= 4 is 23.9 Å². The largest absolute Gasteiger partial charge is 0.481 e. The van der Waals surface area contributed by atoms with Gasteiger partial charge in [-0.2, -0.15) is 0 Å². The van der Waals surface area contributed by atoms with Gasteiger partial charge in [-0.3, -0.25) is 4.79 Å². The second-order valence-electron chi connectivity index (χ2n) is 3.05. The van der Waals surface area contributed by atoms with Gasteiger partial charge in [-0.1, -0.05) is 6.58 Å². The first-order valence-corrected chi connectivity index (χ1v) is 4.45. The molecule has 2 unspecified atom stereocenters. The molecule has 19 heavy (non-hydrogen) atoms. The van der Waals surface area contributed by atoms with Gasteiger partial charge in [0.15, 0.2) is 12.2 Å². The second kappa shape index (κ2) is 8.60. The van der Waals surface area contributed by atoms with Gasteiger partial charge in [0.05, 0.1) is 6.42 Å². The molecule has 0 aromatic carbocycles. The molecular formula is C9H12O10. The first kappa shape index (κ1) is 18.9. The Bertz CT molecular complexity index is 366. The lowest BCUT2D eigenvalue weighted by Crippen LogP contribution is -2.39. The van der Waals surface area contributed by atoms with Crippen LogP contribution >= 0.6 is 0 Å². The maximum absolute atomic E-state index is 9.87. The van der Waals surface area contributed by atoms with Crippen molar-refractivity contribution in [3.8, 4) is 0 Å². The number of carbonyl (C=O) groups is 4. The Morgan fingerprint density at radius 3 is 1.26 bits per heavy atom. The smallest absolute Gasteiger partial charge is 0.335 e. The molecule has 0 amide bonds. The third-order valence-electron chi connectivity index (χ3n) is 1.47. The van der Waals surface area contributed by atoms with Crippen LogP contribution in [-0.4, -0.2) is 66.7 Å². The Labute approximate surface area is 105 Å². The summed E-state index contributed by atoms with van der Waals surface area (Å²) in [7, 11) is 0. The van der Waals surface area contributed by atoms with Crippen LogP contribution in [-0.2, 0) is 19.2 Å². The molecule has 0 saturated carbocycles. The number of rotatable bonds is 6. The van der Waals surface area contributed by atoms with Crippen molar-refractivity contribution in [2.75, 3.05) is 0 Å². The van der Waals surface area contributed by atoms with Crippen LogP contribution in [0, 0.1) is 0 Å².